The summed E-state index contributed by atoms with van der Waals surface area (Å²) in [4.78, 5) is 14.4. The first-order valence-electron chi connectivity index (χ1n) is 7.36. The van der Waals surface area contributed by atoms with E-state index in [0.29, 0.717) is 0 Å². The molecule has 1 aromatic carbocycles. The van der Waals surface area contributed by atoms with Crippen LogP contribution in [0.4, 0.5) is 10.5 Å². The molecule has 0 unspecified atom stereocenters. The Morgan fingerprint density at radius 3 is 2.76 bits per heavy atom. The molecule has 1 atom stereocenters. The highest BCUT2D eigenvalue weighted by Crippen LogP contribution is 2.26. The van der Waals surface area contributed by atoms with Crippen molar-refractivity contribution in [3.8, 4) is 0 Å². The molecule has 0 bridgehead atoms. The van der Waals surface area contributed by atoms with Gasteiger partial charge < -0.3 is 14.8 Å². The highest BCUT2D eigenvalue weighted by Gasteiger charge is 2.27. The highest BCUT2D eigenvalue weighted by molar-refractivity contribution is 5.89. The first kappa shape index (κ1) is 13.7. The van der Waals surface area contributed by atoms with Gasteiger partial charge in [0.1, 0.15) is 0 Å². The Bertz CT molecular complexity index is 674. The highest BCUT2D eigenvalue weighted by atomic mass is 16.2. The standard InChI is InChI=1S/C17H21N3O/c1-12-6-7-15(11-13(12)2)18-17(21)20-10-9-19-8-4-5-16(19)14(20)3/h4-8,11,14H,9-10H2,1-3H3,(H,18,21)/t14-/m0/s1. The zero-order chi connectivity index (χ0) is 15.0. The average Bonchev–Trinajstić information content (AvgIpc) is 2.92. The van der Waals surface area contributed by atoms with Gasteiger partial charge in [-0.2, -0.15) is 0 Å². The van der Waals surface area contributed by atoms with Crippen LogP contribution in [-0.4, -0.2) is 22.0 Å². The zero-order valence-corrected chi connectivity index (χ0v) is 12.8. The predicted octanol–water partition coefficient (Wildman–Crippen LogP) is 3.71. The third kappa shape index (κ3) is 2.53. The fourth-order valence-corrected chi connectivity index (χ4v) is 2.87. The molecule has 21 heavy (non-hydrogen) atoms. The number of nitrogens with zero attached hydrogens (tertiary/aromatic N) is 2. The monoisotopic (exact) mass is 283 g/mol. The normalized spacial score (nSPS) is 17.5. The first-order chi connectivity index (χ1) is 10.1. The van der Waals surface area contributed by atoms with Crippen molar-refractivity contribution >= 4 is 11.7 Å². The van der Waals surface area contributed by atoms with Crippen molar-refractivity contribution in [2.24, 2.45) is 0 Å². The number of anilines is 1. The number of aryl methyl sites for hydroxylation is 2. The van der Waals surface area contributed by atoms with E-state index in [1.165, 1.54) is 16.8 Å². The maximum atomic E-state index is 12.5. The summed E-state index contributed by atoms with van der Waals surface area (Å²) in [5.41, 5.74) is 4.47. The number of benzene rings is 1. The molecule has 4 heteroatoms. The molecule has 2 aromatic rings. The summed E-state index contributed by atoms with van der Waals surface area (Å²) in [6.45, 7) is 7.79. The van der Waals surface area contributed by atoms with Gasteiger partial charge >= 0.3 is 6.03 Å². The lowest BCUT2D eigenvalue weighted by Crippen LogP contribution is -2.43. The summed E-state index contributed by atoms with van der Waals surface area (Å²) in [7, 11) is 0. The van der Waals surface area contributed by atoms with Crippen LogP contribution in [0.2, 0.25) is 0 Å². The minimum atomic E-state index is -0.0294. The summed E-state index contributed by atoms with van der Waals surface area (Å²) in [6, 6.07) is 10.2. The topological polar surface area (TPSA) is 37.3 Å². The minimum absolute atomic E-state index is 0.0294. The van der Waals surface area contributed by atoms with Crippen LogP contribution in [0.5, 0.6) is 0 Å². The molecule has 0 fully saturated rings. The van der Waals surface area contributed by atoms with E-state index in [4.69, 9.17) is 0 Å². The minimum Gasteiger partial charge on any atom is -0.348 e. The Hall–Kier alpha value is -2.23. The van der Waals surface area contributed by atoms with E-state index < -0.39 is 0 Å². The summed E-state index contributed by atoms with van der Waals surface area (Å²) in [6.07, 6.45) is 2.07. The average molecular weight is 283 g/mol. The van der Waals surface area contributed by atoms with E-state index in [1.807, 2.05) is 29.2 Å². The summed E-state index contributed by atoms with van der Waals surface area (Å²) < 4.78 is 2.21. The number of rotatable bonds is 1. The molecule has 0 saturated heterocycles. The van der Waals surface area contributed by atoms with Gasteiger partial charge in [-0.25, -0.2) is 4.79 Å². The molecule has 0 spiro atoms. The Morgan fingerprint density at radius 2 is 2.00 bits per heavy atom. The fourth-order valence-electron chi connectivity index (χ4n) is 2.87. The molecule has 2 amide bonds. The van der Waals surface area contributed by atoms with E-state index in [2.05, 4.69) is 42.9 Å². The number of hydrogen-bond acceptors (Lipinski definition) is 1. The van der Waals surface area contributed by atoms with Crippen LogP contribution < -0.4 is 5.32 Å². The molecule has 1 aliphatic rings. The Kier molecular flexibility index (Phi) is 3.45. The van der Waals surface area contributed by atoms with Gasteiger partial charge in [-0.05, 0) is 56.2 Å². The first-order valence-corrected chi connectivity index (χ1v) is 7.36. The quantitative estimate of drug-likeness (QED) is 0.851. The molecule has 1 aromatic heterocycles. The second-order valence-corrected chi connectivity index (χ2v) is 5.73. The van der Waals surface area contributed by atoms with Crippen molar-refractivity contribution in [1.82, 2.24) is 9.47 Å². The molecule has 2 heterocycles. The van der Waals surface area contributed by atoms with Gasteiger partial charge in [0, 0.05) is 30.7 Å². The maximum Gasteiger partial charge on any atom is 0.322 e. The van der Waals surface area contributed by atoms with Gasteiger partial charge in [-0.3, -0.25) is 0 Å². The molecular weight excluding hydrogens is 262 g/mol. The van der Waals surface area contributed by atoms with Crippen LogP contribution in [-0.2, 0) is 6.54 Å². The Labute approximate surface area is 125 Å². The van der Waals surface area contributed by atoms with Crippen molar-refractivity contribution < 1.29 is 4.79 Å². The lowest BCUT2D eigenvalue weighted by Gasteiger charge is -2.34. The number of fused-ring (bicyclic) bond motifs is 1. The number of amides is 2. The lowest BCUT2D eigenvalue weighted by atomic mass is 10.1. The summed E-state index contributed by atoms with van der Waals surface area (Å²) in [5.74, 6) is 0. The maximum absolute atomic E-state index is 12.5. The van der Waals surface area contributed by atoms with E-state index in [-0.39, 0.29) is 12.1 Å². The van der Waals surface area contributed by atoms with Gasteiger partial charge in [0.15, 0.2) is 0 Å². The van der Waals surface area contributed by atoms with Gasteiger partial charge in [-0.15, -0.1) is 0 Å². The number of hydrogen-bond donors (Lipinski definition) is 1. The van der Waals surface area contributed by atoms with Crippen LogP contribution in [0, 0.1) is 13.8 Å². The van der Waals surface area contributed by atoms with Crippen molar-refractivity contribution in [2.45, 2.75) is 33.4 Å². The molecule has 110 valence electrons. The lowest BCUT2D eigenvalue weighted by molar-refractivity contribution is 0.175. The molecule has 3 rings (SSSR count). The third-order valence-electron chi connectivity index (χ3n) is 4.36. The predicted molar refractivity (Wildman–Crippen MR) is 84.5 cm³/mol. The van der Waals surface area contributed by atoms with Crippen LogP contribution in [0.1, 0.15) is 29.8 Å². The second-order valence-electron chi connectivity index (χ2n) is 5.73. The van der Waals surface area contributed by atoms with Gasteiger partial charge in [-0.1, -0.05) is 6.07 Å². The fraction of sp³-hybridized carbons (Fsp3) is 0.353. The Morgan fingerprint density at radius 1 is 1.19 bits per heavy atom. The molecule has 4 nitrogen and oxygen atoms in total. The number of urea groups is 1. The molecule has 0 saturated carbocycles. The zero-order valence-electron chi connectivity index (χ0n) is 12.8. The van der Waals surface area contributed by atoms with Crippen molar-refractivity contribution in [3.05, 3.63) is 53.3 Å². The molecule has 1 aliphatic heterocycles. The summed E-state index contributed by atoms with van der Waals surface area (Å²) >= 11 is 0. The van der Waals surface area contributed by atoms with E-state index >= 15 is 0 Å². The third-order valence-corrected chi connectivity index (χ3v) is 4.36. The number of carbonyl (C=O) groups excluding carboxylic acids is 1. The van der Waals surface area contributed by atoms with Gasteiger partial charge in [0.05, 0.1) is 6.04 Å². The van der Waals surface area contributed by atoms with E-state index in [9.17, 15) is 4.79 Å². The molecule has 0 aliphatic carbocycles. The number of nitrogens with one attached hydrogen (secondary N) is 1. The van der Waals surface area contributed by atoms with E-state index in [0.717, 1.165) is 18.8 Å². The van der Waals surface area contributed by atoms with Gasteiger partial charge in [0.2, 0.25) is 0 Å². The molecular formula is C17H21N3O. The smallest absolute Gasteiger partial charge is 0.322 e. The van der Waals surface area contributed by atoms with Crippen LogP contribution in [0.3, 0.4) is 0 Å². The SMILES string of the molecule is Cc1ccc(NC(=O)N2CCn3cccc3[C@@H]2C)cc1C. The molecule has 1 N–H and O–H groups in total. The van der Waals surface area contributed by atoms with Gasteiger partial charge in [0.25, 0.3) is 0 Å². The number of aromatic nitrogens is 1. The van der Waals surface area contributed by atoms with Crippen molar-refractivity contribution in [3.63, 3.8) is 0 Å². The van der Waals surface area contributed by atoms with Crippen molar-refractivity contribution in [2.75, 3.05) is 11.9 Å². The van der Waals surface area contributed by atoms with Crippen molar-refractivity contribution in [1.29, 1.82) is 0 Å². The van der Waals surface area contributed by atoms with E-state index in [1.54, 1.807) is 0 Å². The van der Waals surface area contributed by atoms with Crippen LogP contribution in [0.25, 0.3) is 0 Å². The molecule has 0 radical (unpaired) electrons. The van der Waals surface area contributed by atoms with Crippen LogP contribution in [0.15, 0.2) is 36.5 Å². The Balaban J connectivity index is 1.75. The largest absolute Gasteiger partial charge is 0.348 e. The summed E-state index contributed by atoms with van der Waals surface area (Å²) in [5, 5.41) is 3.01. The number of carbonyl (C=O) groups is 1. The second kappa shape index (κ2) is 5.28. The van der Waals surface area contributed by atoms with Crippen LogP contribution >= 0.6 is 0 Å².